The van der Waals surface area contributed by atoms with Crippen LogP contribution in [-0.4, -0.2) is 81.2 Å². The van der Waals surface area contributed by atoms with Crippen molar-refractivity contribution in [3.63, 3.8) is 0 Å². The Balaban J connectivity index is -0.000000392. The zero-order chi connectivity index (χ0) is 23.4. The molecule has 0 saturated carbocycles. The smallest absolute Gasteiger partial charge is 0.193 e. The third kappa shape index (κ3) is 15.2. The molecular weight excluding hydrogens is 360 g/mol. The number of hydrogen-bond donors (Lipinski definition) is 1. The fourth-order valence-corrected chi connectivity index (χ4v) is 2.71. The Labute approximate surface area is 183 Å². The molecule has 0 heterocycles. The summed E-state index contributed by atoms with van der Waals surface area (Å²) >= 11 is 0. The summed E-state index contributed by atoms with van der Waals surface area (Å²) < 4.78 is 0. The van der Waals surface area contributed by atoms with E-state index in [-0.39, 0.29) is 0 Å². The van der Waals surface area contributed by atoms with Gasteiger partial charge in [0, 0.05) is 52.4 Å². The first-order valence-electron chi connectivity index (χ1n) is 11.2. The fraction of sp³-hybridized carbons (Fsp3) is 0.913. The van der Waals surface area contributed by atoms with Gasteiger partial charge in [-0.3, -0.25) is 4.99 Å². The lowest BCUT2D eigenvalue weighted by Gasteiger charge is -2.36. The van der Waals surface area contributed by atoms with Gasteiger partial charge in [-0.05, 0) is 60.4 Å². The number of hydrogen-bond acceptors (Lipinski definition) is 4. The van der Waals surface area contributed by atoms with E-state index in [9.17, 15) is 0 Å². The van der Waals surface area contributed by atoms with Crippen molar-refractivity contribution in [1.29, 1.82) is 0 Å². The molecule has 0 aliphatic rings. The van der Waals surface area contributed by atoms with E-state index in [2.05, 4.69) is 98.5 Å². The van der Waals surface area contributed by atoms with E-state index in [0.717, 1.165) is 30.9 Å². The van der Waals surface area contributed by atoms with Crippen LogP contribution in [0.2, 0.25) is 0 Å². The summed E-state index contributed by atoms with van der Waals surface area (Å²) in [6.07, 6.45) is 4.79. The Morgan fingerprint density at radius 3 is 1.28 bits per heavy atom. The van der Waals surface area contributed by atoms with E-state index in [1.165, 1.54) is 12.8 Å². The van der Waals surface area contributed by atoms with Crippen molar-refractivity contribution in [3.05, 3.63) is 0 Å². The van der Waals surface area contributed by atoms with Gasteiger partial charge in [0.15, 0.2) is 5.96 Å². The third-order valence-corrected chi connectivity index (χ3v) is 5.58. The van der Waals surface area contributed by atoms with Gasteiger partial charge in [0.1, 0.15) is 0 Å². The summed E-state index contributed by atoms with van der Waals surface area (Å²) in [5.41, 5.74) is 0. The van der Waals surface area contributed by atoms with Crippen LogP contribution in [0.25, 0.3) is 0 Å². The highest BCUT2D eigenvalue weighted by Crippen LogP contribution is 2.11. The molecule has 4 unspecified atom stereocenters. The van der Waals surface area contributed by atoms with Crippen LogP contribution in [0.3, 0.4) is 0 Å². The molecule has 0 radical (unpaired) electrons. The lowest BCUT2D eigenvalue weighted by atomic mass is 10.1. The summed E-state index contributed by atoms with van der Waals surface area (Å²) in [4.78, 5) is 16.0. The van der Waals surface area contributed by atoms with Crippen LogP contribution in [0.15, 0.2) is 15.0 Å². The first kappa shape index (κ1) is 32.3. The third-order valence-electron chi connectivity index (χ3n) is 5.58. The van der Waals surface area contributed by atoms with Crippen molar-refractivity contribution < 1.29 is 0 Å². The van der Waals surface area contributed by atoms with Gasteiger partial charge in [-0.2, -0.15) is 0 Å². The van der Waals surface area contributed by atoms with Crippen molar-refractivity contribution >= 4 is 12.0 Å². The van der Waals surface area contributed by atoms with Crippen molar-refractivity contribution in [1.82, 2.24) is 15.1 Å². The number of rotatable bonds is 8. The molecule has 0 aliphatic heterocycles. The Hall–Kier alpha value is -1.39. The molecule has 0 aromatic heterocycles. The van der Waals surface area contributed by atoms with Crippen LogP contribution in [0.4, 0.5) is 0 Å². The van der Waals surface area contributed by atoms with E-state index in [0.29, 0.717) is 12.1 Å². The standard InChI is InChI=1S/C11H25N3.C9H21N.C3H6N2/c1-7-9(3)14(10(4)8-2)11(12-5)13-6;1-6-8(3)10(5)9(4)7-2;1-4-3-5-2/h9-10H,7-8H2,1-6H3,(H,12,13);8-9H,6-7H2,1-5H3;1-2H3. The molecule has 0 saturated heterocycles. The maximum Gasteiger partial charge on any atom is 0.193 e. The zero-order valence-corrected chi connectivity index (χ0v) is 21.9. The molecule has 0 amide bonds. The first-order chi connectivity index (χ1) is 13.7. The van der Waals surface area contributed by atoms with Gasteiger partial charge in [-0.15, -0.1) is 0 Å². The van der Waals surface area contributed by atoms with E-state index in [1.54, 1.807) is 14.1 Å². The van der Waals surface area contributed by atoms with Crippen LogP contribution in [0.5, 0.6) is 0 Å². The van der Waals surface area contributed by atoms with Gasteiger partial charge in [0.2, 0.25) is 0 Å². The Kier molecular flexibility index (Phi) is 23.7. The van der Waals surface area contributed by atoms with Gasteiger partial charge in [0.05, 0.1) is 6.01 Å². The molecular formula is C23H52N6. The van der Waals surface area contributed by atoms with Gasteiger partial charge in [-0.25, -0.2) is 9.98 Å². The number of nitrogens with zero attached hydrogens (tertiary/aromatic N) is 5. The predicted molar refractivity (Wildman–Crippen MR) is 133 cm³/mol. The summed E-state index contributed by atoms with van der Waals surface area (Å²) in [5, 5.41) is 3.16. The average Bonchev–Trinajstić information content (AvgIpc) is 2.75. The van der Waals surface area contributed by atoms with Crippen LogP contribution in [0.1, 0.15) is 81.1 Å². The largest absolute Gasteiger partial charge is 0.359 e. The zero-order valence-electron chi connectivity index (χ0n) is 21.9. The van der Waals surface area contributed by atoms with E-state index in [4.69, 9.17) is 0 Å². The number of aliphatic imine (C=N–C) groups is 3. The van der Waals surface area contributed by atoms with Gasteiger partial charge < -0.3 is 15.1 Å². The second kappa shape index (κ2) is 21.3. The molecule has 0 aliphatic carbocycles. The van der Waals surface area contributed by atoms with E-state index < -0.39 is 0 Å². The SMILES string of the molecule is CCC(C)N(C(=NC)NC)C(C)CC.CCC(C)N(C)C(C)CC.CN=C=NC. The van der Waals surface area contributed by atoms with E-state index >= 15 is 0 Å². The lowest BCUT2D eigenvalue weighted by Crippen LogP contribution is -2.49. The Morgan fingerprint density at radius 1 is 0.759 bits per heavy atom. The molecule has 0 fully saturated rings. The second-order valence-electron chi connectivity index (χ2n) is 7.45. The highest BCUT2D eigenvalue weighted by Gasteiger charge is 2.20. The normalized spacial score (nSPS) is 14.8. The van der Waals surface area contributed by atoms with Crippen LogP contribution in [-0.2, 0) is 0 Å². The highest BCUT2D eigenvalue weighted by molar-refractivity contribution is 5.80. The number of guanidine groups is 1. The van der Waals surface area contributed by atoms with Crippen molar-refractivity contribution in [2.24, 2.45) is 15.0 Å². The van der Waals surface area contributed by atoms with Crippen molar-refractivity contribution in [2.45, 2.75) is 105 Å². The second-order valence-corrected chi connectivity index (χ2v) is 7.45. The molecule has 0 aromatic carbocycles. The fourth-order valence-electron chi connectivity index (χ4n) is 2.71. The van der Waals surface area contributed by atoms with Crippen LogP contribution < -0.4 is 5.32 Å². The van der Waals surface area contributed by atoms with Gasteiger partial charge >= 0.3 is 0 Å². The van der Waals surface area contributed by atoms with Crippen molar-refractivity contribution in [2.75, 3.05) is 35.2 Å². The van der Waals surface area contributed by atoms with Crippen molar-refractivity contribution in [3.8, 4) is 0 Å². The summed E-state index contributed by atoms with van der Waals surface area (Å²) in [7, 11) is 9.24. The molecule has 0 aromatic rings. The molecule has 174 valence electrons. The lowest BCUT2D eigenvalue weighted by molar-refractivity contribution is 0.187. The Bertz CT molecular complexity index is 417. The topological polar surface area (TPSA) is 55.6 Å². The quantitative estimate of drug-likeness (QED) is 0.449. The molecule has 29 heavy (non-hydrogen) atoms. The van der Waals surface area contributed by atoms with Crippen LogP contribution in [0, 0.1) is 0 Å². The molecule has 0 bridgehead atoms. The summed E-state index contributed by atoms with van der Waals surface area (Å²) in [6, 6.07) is 4.90. The highest BCUT2D eigenvalue weighted by atomic mass is 15.3. The first-order valence-corrected chi connectivity index (χ1v) is 11.2. The summed E-state index contributed by atoms with van der Waals surface area (Å²) in [6.45, 7) is 18.0. The Morgan fingerprint density at radius 2 is 1.10 bits per heavy atom. The molecule has 4 atom stereocenters. The van der Waals surface area contributed by atoms with Gasteiger partial charge in [-0.1, -0.05) is 27.7 Å². The maximum absolute atomic E-state index is 4.28. The molecule has 0 rings (SSSR count). The molecule has 0 spiro atoms. The average molecular weight is 413 g/mol. The monoisotopic (exact) mass is 412 g/mol. The summed E-state index contributed by atoms with van der Waals surface area (Å²) in [5.74, 6) is 0.994. The minimum atomic E-state index is 0.538. The minimum absolute atomic E-state index is 0.538. The minimum Gasteiger partial charge on any atom is -0.359 e. The van der Waals surface area contributed by atoms with Crippen LogP contribution >= 0.6 is 0 Å². The molecule has 1 N–H and O–H groups in total. The molecule has 6 nitrogen and oxygen atoms in total. The maximum atomic E-state index is 4.28. The number of nitrogens with one attached hydrogen (secondary N) is 1. The van der Waals surface area contributed by atoms with Gasteiger partial charge in [0.25, 0.3) is 0 Å². The molecule has 6 heteroatoms. The van der Waals surface area contributed by atoms with E-state index in [1.807, 2.05) is 14.1 Å². The predicted octanol–water partition coefficient (Wildman–Crippen LogP) is 5.03.